The summed E-state index contributed by atoms with van der Waals surface area (Å²) in [5.41, 5.74) is 4.25. The number of hydrogen-bond donors (Lipinski definition) is 0. The molecule has 0 spiro atoms. The first-order valence-electron chi connectivity index (χ1n) is 8.16. The van der Waals surface area contributed by atoms with Crippen LogP contribution in [-0.4, -0.2) is 39.9 Å². The SMILES string of the molecule is CN(C)CCn1nc2n(c1=O)-c1ccccc1Cc1ccccc1-2.Cl. The summed E-state index contributed by atoms with van der Waals surface area (Å²) in [5, 5.41) is 4.66. The third-order valence-electron chi connectivity index (χ3n) is 4.47. The molecule has 3 aromatic rings. The first kappa shape index (κ1) is 17.5. The van der Waals surface area contributed by atoms with Gasteiger partial charge in [0.25, 0.3) is 0 Å². The maximum Gasteiger partial charge on any atom is 0.350 e. The van der Waals surface area contributed by atoms with Gasteiger partial charge in [-0.15, -0.1) is 17.5 Å². The van der Waals surface area contributed by atoms with Gasteiger partial charge in [0.15, 0.2) is 5.82 Å². The third-order valence-corrected chi connectivity index (χ3v) is 4.47. The molecule has 0 amide bonds. The molecular weight excluding hydrogens is 336 g/mol. The van der Waals surface area contributed by atoms with Gasteiger partial charge in [0.2, 0.25) is 0 Å². The smallest absolute Gasteiger partial charge is 0.308 e. The van der Waals surface area contributed by atoms with Crippen LogP contribution in [0.15, 0.2) is 53.3 Å². The number of benzene rings is 2. The predicted octanol–water partition coefficient (Wildman–Crippen LogP) is 2.59. The molecular formula is C19H21ClN4O. The van der Waals surface area contributed by atoms with Crippen LogP contribution in [0.1, 0.15) is 11.1 Å². The van der Waals surface area contributed by atoms with Crippen molar-refractivity contribution in [1.29, 1.82) is 0 Å². The van der Waals surface area contributed by atoms with E-state index in [0.29, 0.717) is 6.54 Å². The lowest BCUT2D eigenvalue weighted by Crippen LogP contribution is -2.28. The molecule has 25 heavy (non-hydrogen) atoms. The van der Waals surface area contributed by atoms with E-state index in [1.165, 1.54) is 5.56 Å². The maximum atomic E-state index is 13.0. The first-order valence-corrected chi connectivity index (χ1v) is 8.16. The van der Waals surface area contributed by atoms with Crippen LogP contribution in [0, 0.1) is 0 Å². The van der Waals surface area contributed by atoms with Crippen molar-refractivity contribution in [2.45, 2.75) is 13.0 Å². The fourth-order valence-electron chi connectivity index (χ4n) is 3.22. The molecule has 1 aliphatic rings. The van der Waals surface area contributed by atoms with E-state index >= 15 is 0 Å². The fraction of sp³-hybridized carbons (Fsp3) is 0.263. The number of para-hydroxylation sites is 1. The Labute approximate surface area is 152 Å². The van der Waals surface area contributed by atoms with Gasteiger partial charge in [-0.3, -0.25) is 0 Å². The van der Waals surface area contributed by atoms with Crippen molar-refractivity contribution in [1.82, 2.24) is 19.2 Å². The van der Waals surface area contributed by atoms with Crippen LogP contribution >= 0.6 is 12.4 Å². The Morgan fingerprint density at radius 2 is 1.72 bits per heavy atom. The van der Waals surface area contributed by atoms with Crippen molar-refractivity contribution in [2.75, 3.05) is 20.6 Å². The lowest BCUT2D eigenvalue weighted by atomic mass is 10.0. The van der Waals surface area contributed by atoms with Crippen LogP contribution in [-0.2, 0) is 13.0 Å². The zero-order chi connectivity index (χ0) is 16.7. The molecule has 0 N–H and O–H groups in total. The molecule has 0 atom stereocenters. The molecule has 2 heterocycles. The Morgan fingerprint density at radius 1 is 1.04 bits per heavy atom. The number of fused-ring (bicyclic) bond motifs is 5. The highest BCUT2D eigenvalue weighted by Crippen LogP contribution is 2.31. The van der Waals surface area contributed by atoms with Gasteiger partial charge in [-0.2, -0.15) is 0 Å². The van der Waals surface area contributed by atoms with Crippen molar-refractivity contribution >= 4 is 12.4 Å². The summed E-state index contributed by atoms with van der Waals surface area (Å²) >= 11 is 0. The molecule has 0 unspecified atom stereocenters. The quantitative estimate of drug-likeness (QED) is 0.566. The van der Waals surface area contributed by atoms with Crippen LogP contribution in [0.3, 0.4) is 0 Å². The van der Waals surface area contributed by atoms with Gasteiger partial charge in [-0.05, 0) is 31.3 Å². The Bertz CT molecular complexity index is 958. The lowest BCUT2D eigenvalue weighted by Gasteiger charge is -2.09. The number of nitrogens with zero attached hydrogens (tertiary/aromatic N) is 4. The van der Waals surface area contributed by atoms with Crippen molar-refractivity contribution in [2.24, 2.45) is 0 Å². The van der Waals surface area contributed by atoms with Crippen molar-refractivity contribution < 1.29 is 0 Å². The summed E-state index contributed by atoms with van der Waals surface area (Å²) < 4.78 is 3.34. The van der Waals surface area contributed by atoms with E-state index in [1.807, 2.05) is 44.4 Å². The van der Waals surface area contributed by atoms with E-state index in [9.17, 15) is 4.79 Å². The van der Waals surface area contributed by atoms with E-state index in [0.717, 1.165) is 35.6 Å². The van der Waals surface area contributed by atoms with Gasteiger partial charge in [-0.25, -0.2) is 14.0 Å². The largest absolute Gasteiger partial charge is 0.350 e. The van der Waals surface area contributed by atoms with Crippen LogP contribution < -0.4 is 5.69 Å². The Hall–Kier alpha value is -2.37. The minimum atomic E-state index is -0.0731. The van der Waals surface area contributed by atoms with E-state index in [-0.39, 0.29) is 18.1 Å². The number of halogens is 1. The van der Waals surface area contributed by atoms with E-state index < -0.39 is 0 Å². The molecule has 0 bridgehead atoms. The summed E-state index contributed by atoms with van der Waals surface area (Å²) in [6.45, 7) is 1.36. The molecule has 130 valence electrons. The summed E-state index contributed by atoms with van der Waals surface area (Å²) in [6, 6.07) is 16.3. The highest BCUT2D eigenvalue weighted by molar-refractivity contribution is 5.85. The van der Waals surface area contributed by atoms with Gasteiger partial charge in [0.1, 0.15) is 0 Å². The minimum absolute atomic E-state index is 0. The molecule has 2 aromatic carbocycles. The fourth-order valence-corrected chi connectivity index (χ4v) is 3.22. The third kappa shape index (κ3) is 3.01. The van der Waals surface area contributed by atoms with Crippen LogP contribution in [0.25, 0.3) is 17.1 Å². The minimum Gasteiger partial charge on any atom is -0.308 e. The summed E-state index contributed by atoms with van der Waals surface area (Å²) in [5.74, 6) is 0.735. The molecule has 0 saturated heterocycles. The highest BCUT2D eigenvalue weighted by Gasteiger charge is 2.23. The maximum absolute atomic E-state index is 13.0. The van der Waals surface area contributed by atoms with Crippen LogP contribution in [0.2, 0.25) is 0 Å². The predicted molar refractivity (Wildman–Crippen MR) is 102 cm³/mol. The summed E-state index contributed by atoms with van der Waals surface area (Å²) in [4.78, 5) is 15.1. The van der Waals surface area contributed by atoms with Gasteiger partial charge in [0.05, 0.1) is 12.2 Å². The monoisotopic (exact) mass is 356 g/mol. The molecule has 4 rings (SSSR count). The Balaban J connectivity index is 0.00000182. The van der Waals surface area contributed by atoms with Gasteiger partial charge < -0.3 is 4.90 Å². The van der Waals surface area contributed by atoms with Crippen molar-refractivity contribution in [3.63, 3.8) is 0 Å². The first-order chi connectivity index (χ1) is 11.6. The zero-order valence-electron chi connectivity index (χ0n) is 14.3. The Morgan fingerprint density at radius 3 is 2.48 bits per heavy atom. The van der Waals surface area contributed by atoms with Crippen LogP contribution in [0.4, 0.5) is 0 Å². The average Bonchev–Trinajstić information content (AvgIpc) is 2.82. The number of likely N-dealkylation sites (N-methyl/N-ethyl adjacent to an activating group) is 1. The van der Waals surface area contributed by atoms with Gasteiger partial charge in [-0.1, -0.05) is 42.5 Å². The second-order valence-electron chi connectivity index (χ2n) is 6.43. The van der Waals surface area contributed by atoms with E-state index in [4.69, 9.17) is 0 Å². The summed E-state index contributed by atoms with van der Waals surface area (Å²) in [7, 11) is 3.99. The van der Waals surface area contributed by atoms with Gasteiger partial charge >= 0.3 is 5.69 Å². The lowest BCUT2D eigenvalue weighted by molar-refractivity contribution is 0.369. The topological polar surface area (TPSA) is 43.1 Å². The summed E-state index contributed by atoms with van der Waals surface area (Å²) in [6.07, 6.45) is 0.812. The van der Waals surface area contributed by atoms with Gasteiger partial charge in [0, 0.05) is 18.5 Å². The second kappa shape index (κ2) is 6.86. The highest BCUT2D eigenvalue weighted by atomic mass is 35.5. The second-order valence-corrected chi connectivity index (χ2v) is 6.43. The molecule has 1 aromatic heterocycles. The van der Waals surface area contributed by atoms with Crippen molar-refractivity contribution in [3.8, 4) is 17.1 Å². The van der Waals surface area contributed by atoms with E-state index in [2.05, 4.69) is 28.2 Å². The van der Waals surface area contributed by atoms with E-state index in [1.54, 1.807) is 9.25 Å². The molecule has 1 aliphatic heterocycles. The molecule has 0 saturated carbocycles. The number of rotatable bonds is 3. The molecule has 6 heteroatoms. The molecule has 5 nitrogen and oxygen atoms in total. The molecule has 0 aliphatic carbocycles. The normalized spacial score (nSPS) is 12.0. The molecule has 0 radical (unpaired) electrons. The number of aromatic nitrogens is 3. The van der Waals surface area contributed by atoms with Crippen LogP contribution in [0.5, 0.6) is 0 Å². The average molecular weight is 357 g/mol. The Kier molecular flexibility index (Phi) is 4.79. The number of hydrogen-bond acceptors (Lipinski definition) is 3. The molecule has 0 fully saturated rings. The zero-order valence-corrected chi connectivity index (χ0v) is 15.2. The standard InChI is InChI=1S/C19H20N4O.ClH/c1-21(2)11-12-22-19(24)23-17-10-6-4-8-15(17)13-14-7-3-5-9-16(14)18(23)20-22;/h3-10H,11-13H2,1-2H3;1H. The van der Waals surface area contributed by atoms with Crippen molar-refractivity contribution in [3.05, 3.63) is 70.1 Å².